The molecule has 24 heavy (non-hydrogen) atoms. The maximum absolute atomic E-state index is 5.38. The molecule has 0 unspecified atom stereocenters. The van der Waals surface area contributed by atoms with Gasteiger partial charge in [0.15, 0.2) is 5.13 Å². The summed E-state index contributed by atoms with van der Waals surface area (Å²) in [6, 6.07) is 13.4. The van der Waals surface area contributed by atoms with E-state index in [0.29, 0.717) is 0 Å². The second-order valence-corrected chi connectivity index (χ2v) is 5.82. The fourth-order valence-corrected chi connectivity index (χ4v) is 2.98. The molecule has 6 heteroatoms. The summed E-state index contributed by atoms with van der Waals surface area (Å²) in [6.07, 6.45) is 0. The smallest absolute Gasteiger partial charge is 0.187 e. The van der Waals surface area contributed by atoms with Gasteiger partial charge >= 0.3 is 0 Å². The molecule has 3 aromatic rings. The van der Waals surface area contributed by atoms with Gasteiger partial charge in [-0.3, -0.25) is 0 Å². The number of rotatable bonds is 6. The minimum absolute atomic E-state index is 0.733. The molecule has 0 aliphatic heterocycles. The van der Waals surface area contributed by atoms with Gasteiger partial charge in [-0.15, -0.1) is 11.3 Å². The van der Waals surface area contributed by atoms with E-state index in [4.69, 9.17) is 14.2 Å². The highest BCUT2D eigenvalue weighted by Gasteiger charge is 2.09. The highest BCUT2D eigenvalue weighted by Crippen LogP contribution is 2.34. The first-order valence-electron chi connectivity index (χ1n) is 7.32. The molecule has 0 aliphatic rings. The Morgan fingerprint density at radius 1 is 0.875 bits per heavy atom. The summed E-state index contributed by atoms with van der Waals surface area (Å²) >= 11 is 1.53. The van der Waals surface area contributed by atoms with Crippen molar-refractivity contribution < 1.29 is 14.2 Å². The zero-order valence-corrected chi connectivity index (χ0v) is 14.5. The first kappa shape index (κ1) is 16.1. The Hall–Kier alpha value is -2.73. The van der Waals surface area contributed by atoms with Crippen LogP contribution in [0, 0.1) is 0 Å². The average molecular weight is 342 g/mol. The molecule has 0 radical (unpaired) electrons. The molecule has 0 fully saturated rings. The van der Waals surface area contributed by atoms with E-state index >= 15 is 0 Å². The van der Waals surface area contributed by atoms with E-state index in [9.17, 15) is 0 Å². The van der Waals surface area contributed by atoms with Crippen LogP contribution in [-0.2, 0) is 0 Å². The Bertz CT molecular complexity index is 815. The Morgan fingerprint density at radius 3 is 2.25 bits per heavy atom. The lowest BCUT2D eigenvalue weighted by molar-refractivity contribution is 0.405. The van der Waals surface area contributed by atoms with Gasteiger partial charge in [-0.2, -0.15) is 0 Å². The molecular formula is C18H18N2O3S. The van der Waals surface area contributed by atoms with Gasteiger partial charge in [-0.25, -0.2) is 4.98 Å². The number of hydrogen-bond donors (Lipinski definition) is 1. The number of anilines is 2. The third kappa shape index (κ3) is 3.44. The Morgan fingerprint density at radius 2 is 1.58 bits per heavy atom. The highest BCUT2D eigenvalue weighted by molar-refractivity contribution is 7.14. The van der Waals surface area contributed by atoms with E-state index < -0.39 is 0 Å². The van der Waals surface area contributed by atoms with Crippen LogP contribution in [0.15, 0.2) is 47.8 Å². The van der Waals surface area contributed by atoms with Gasteiger partial charge in [-0.1, -0.05) is 0 Å². The van der Waals surface area contributed by atoms with E-state index in [1.165, 1.54) is 11.3 Å². The van der Waals surface area contributed by atoms with Gasteiger partial charge in [0.1, 0.15) is 17.2 Å². The van der Waals surface area contributed by atoms with Crippen molar-refractivity contribution in [3.05, 3.63) is 47.8 Å². The van der Waals surface area contributed by atoms with Crippen molar-refractivity contribution in [2.45, 2.75) is 0 Å². The fraction of sp³-hybridized carbons (Fsp3) is 0.167. The molecule has 5 nitrogen and oxygen atoms in total. The monoisotopic (exact) mass is 342 g/mol. The number of ether oxygens (including phenoxy) is 3. The normalized spacial score (nSPS) is 10.3. The molecule has 1 aromatic heterocycles. The van der Waals surface area contributed by atoms with Crippen LogP contribution in [0.25, 0.3) is 11.3 Å². The van der Waals surface area contributed by atoms with Gasteiger partial charge in [0.05, 0.1) is 32.7 Å². The Labute approximate surface area is 144 Å². The summed E-state index contributed by atoms with van der Waals surface area (Å²) in [5, 5.41) is 6.08. The lowest BCUT2D eigenvalue weighted by Crippen LogP contribution is -1.95. The van der Waals surface area contributed by atoms with Gasteiger partial charge in [-0.05, 0) is 36.4 Å². The Balaban J connectivity index is 1.83. The predicted octanol–water partition coefficient (Wildman–Crippen LogP) is 4.58. The van der Waals surface area contributed by atoms with Crippen LogP contribution in [0.5, 0.6) is 17.2 Å². The second kappa shape index (κ2) is 7.23. The number of methoxy groups -OCH3 is 3. The SMILES string of the molecule is COc1ccc(-c2csc(Nc3cc(OC)ccc3OC)n2)cc1. The fourth-order valence-electron chi connectivity index (χ4n) is 2.25. The number of nitrogens with zero attached hydrogens (tertiary/aromatic N) is 1. The van der Waals surface area contributed by atoms with E-state index in [-0.39, 0.29) is 0 Å². The van der Waals surface area contributed by atoms with Crippen molar-refractivity contribution in [2.75, 3.05) is 26.6 Å². The minimum Gasteiger partial charge on any atom is -0.497 e. The van der Waals surface area contributed by atoms with Crippen molar-refractivity contribution >= 4 is 22.2 Å². The molecule has 0 aliphatic carbocycles. The van der Waals surface area contributed by atoms with Crippen LogP contribution < -0.4 is 19.5 Å². The lowest BCUT2D eigenvalue weighted by atomic mass is 10.2. The molecule has 3 rings (SSSR count). The van der Waals surface area contributed by atoms with Crippen LogP contribution in [0.3, 0.4) is 0 Å². The first-order valence-corrected chi connectivity index (χ1v) is 8.20. The number of thiazole rings is 1. The van der Waals surface area contributed by atoms with Gasteiger partial charge < -0.3 is 19.5 Å². The van der Waals surface area contributed by atoms with Crippen molar-refractivity contribution in [1.82, 2.24) is 4.98 Å². The number of aromatic nitrogens is 1. The summed E-state index contributed by atoms with van der Waals surface area (Å²) in [4.78, 5) is 4.63. The second-order valence-electron chi connectivity index (χ2n) is 4.96. The molecular weight excluding hydrogens is 324 g/mol. The van der Waals surface area contributed by atoms with Crippen LogP contribution >= 0.6 is 11.3 Å². The van der Waals surface area contributed by atoms with Crippen molar-refractivity contribution in [2.24, 2.45) is 0 Å². The summed E-state index contributed by atoms with van der Waals surface area (Å²) in [7, 11) is 4.93. The van der Waals surface area contributed by atoms with E-state index in [1.807, 2.05) is 47.8 Å². The third-order valence-electron chi connectivity index (χ3n) is 3.54. The van der Waals surface area contributed by atoms with Gasteiger partial charge in [0, 0.05) is 17.0 Å². The van der Waals surface area contributed by atoms with Crippen LogP contribution in [0.1, 0.15) is 0 Å². The molecule has 0 saturated heterocycles. The van der Waals surface area contributed by atoms with Crippen molar-refractivity contribution in [1.29, 1.82) is 0 Å². The summed E-state index contributed by atoms with van der Waals surface area (Å²) in [5.41, 5.74) is 2.76. The Kier molecular flexibility index (Phi) is 4.86. The molecule has 0 amide bonds. The maximum atomic E-state index is 5.38. The molecule has 1 N–H and O–H groups in total. The van der Waals surface area contributed by atoms with Crippen molar-refractivity contribution in [3.8, 4) is 28.5 Å². The largest absolute Gasteiger partial charge is 0.497 e. The summed E-state index contributed by atoms with van der Waals surface area (Å²) in [5.74, 6) is 2.32. The van der Waals surface area contributed by atoms with E-state index in [2.05, 4.69) is 10.3 Å². The number of nitrogens with one attached hydrogen (secondary N) is 1. The minimum atomic E-state index is 0.733. The topological polar surface area (TPSA) is 52.6 Å². The van der Waals surface area contributed by atoms with Crippen LogP contribution in [0.4, 0.5) is 10.8 Å². The predicted molar refractivity (Wildman–Crippen MR) is 96.9 cm³/mol. The summed E-state index contributed by atoms with van der Waals surface area (Å²) < 4.78 is 15.8. The highest BCUT2D eigenvalue weighted by atomic mass is 32.1. The number of hydrogen-bond acceptors (Lipinski definition) is 6. The van der Waals surface area contributed by atoms with Crippen molar-refractivity contribution in [3.63, 3.8) is 0 Å². The van der Waals surface area contributed by atoms with Gasteiger partial charge in [0.2, 0.25) is 0 Å². The molecule has 0 saturated carbocycles. The first-order chi connectivity index (χ1) is 11.7. The quantitative estimate of drug-likeness (QED) is 0.710. The zero-order valence-electron chi connectivity index (χ0n) is 13.7. The van der Waals surface area contributed by atoms with Crippen LogP contribution in [-0.4, -0.2) is 26.3 Å². The van der Waals surface area contributed by atoms with E-state index in [0.717, 1.165) is 39.3 Å². The zero-order chi connectivity index (χ0) is 16.9. The molecule has 1 heterocycles. The molecule has 0 atom stereocenters. The van der Waals surface area contributed by atoms with E-state index in [1.54, 1.807) is 21.3 Å². The molecule has 2 aromatic carbocycles. The lowest BCUT2D eigenvalue weighted by Gasteiger charge is -2.10. The molecule has 124 valence electrons. The molecule has 0 spiro atoms. The maximum Gasteiger partial charge on any atom is 0.187 e. The number of benzene rings is 2. The molecule has 0 bridgehead atoms. The standard InChI is InChI=1S/C18H18N2O3S/c1-21-13-6-4-12(5-7-13)16-11-24-18(20-16)19-15-10-14(22-2)8-9-17(15)23-3/h4-11H,1-3H3,(H,19,20). The van der Waals surface area contributed by atoms with Gasteiger partial charge in [0.25, 0.3) is 0 Å². The summed E-state index contributed by atoms with van der Waals surface area (Å²) in [6.45, 7) is 0. The van der Waals surface area contributed by atoms with Crippen LogP contribution in [0.2, 0.25) is 0 Å². The average Bonchev–Trinajstić information content (AvgIpc) is 3.10. The third-order valence-corrected chi connectivity index (χ3v) is 4.30.